The van der Waals surface area contributed by atoms with Gasteiger partial charge < -0.3 is 5.32 Å². The Morgan fingerprint density at radius 1 is 1.23 bits per heavy atom. The Hall–Kier alpha value is -1.99. The molecule has 4 heteroatoms. The Morgan fingerprint density at radius 3 is 2.73 bits per heavy atom. The maximum atomic E-state index is 13.7. The lowest BCUT2D eigenvalue weighted by Gasteiger charge is -2.37. The van der Waals surface area contributed by atoms with Gasteiger partial charge >= 0.3 is 0 Å². The van der Waals surface area contributed by atoms with Gasteiger partial charge in [0.15, 0.2) is 0 Å². The van der Waals surface area contributed by atoms with Crippen molar-refractivity contribution in [1.82, 2.24) is 0 Å². The Labute approximate surface area is 135 Å². The summed E-state index contributed by atoms with van der Waals surface area (Å²) < 4.78 is 13.7. The van der Waals surface area contributed by atoms with Crippen molar-refractivity contribution in [3.63, 3.8) is 0 Å². The van der Waals surface area contributed by atoms with Crippen LogP contribution in [0.3, 0.4) is 0 Å². The summed E-state index contributed by atoms with van der Waals surface area (Å²) in [6.45, 7) is 4.37. The van der Waals surface area contributed by atoms with Gasteiger partial charge in [-0.05, 0) is 58.9 Å². The summed E-state index contributed by atoms with van der Waals surface area (Å²) in [4.78, 5) is 0. The lowest BCUT2D eigenvalue weighted by atomic mass is 9.77. The molecule has 0 bridgehead atoms. The number of anilines is 1. The molecular weight excluding hydrogens is 295 g/mol. The molecule has 1 aliphatic heterocycles. The van der Waals surface area contributed by atoms with E-state index in [1.807, 2.05) is 18.2 Å². The number of thiol groups is 1. The van der Waals surface area contributed by atoms with Gasteiger partial charge in [0.25, 0.3) is 0 Å². The highest BCUT2D eigenvalue weighted by molar-refractivity contribution is 7.81. The first-order chi connectivity index (χ1) is 10.4. The van der Waals surface area contributed by atoms with E-state index < -0.39 is 0 Å². The van der Waals surface area contributed by atoms with E-state index in [0.717, 1.165) is 23.2 Å². The summed E-state index contributed by atoms with van der Waals surface area (Å²) in [5, 5.41) is 12.5. The number of halogens is 1. The number of benzene rings is 2. The van der Waals surface area contributed by atoms with E-state index in [1.54, 1.807) is 6.07 Å². The van der Waals surface area contributed by atoms with Crippen molar-refractivity contribution in [3.8, 4) is 17.2 Å². The van der Waals surface area contributed by atoms with Crippen LogP contribution in [0.5, 0.6) is 0 Å². The van der Waals surface area contributed by atoms with E-state index in [1.165, 1.54) is 17.7 Å². The third kappa shape index (κ3) is 2.69. The highest BCUT2D eigenvalue weighted by Crippen LogP contribution is 2.41. The molecule has 1 aliphatic rings. The third-order valence-electron chi connectivity index (χ3n) is 4.13. The normalized spacial score (nSPS) is 19.0. The second kappa shape index (κ2) is 5.33. The monoisotopic (exact) mass is 312 g/mol. The SMILES string of the molecule is CC1(C)CC(S)Nc2ccc(-c3cc(F)cc(C#N)c3)cc21. The molecule has 2 aromatic carbocycles. The van der Waals surface area contributed by atoms with Crippen molar-refractivity contribution in [2.75, 3.05) is 5.32 Å². The molecule has 0 saturated heterocycles. The van der Waals surface area contributed by atoms with Gasteiger partial charge in [0.1, 0.15) is 5.82 Å². The summed E-state index contributed by atoms with van der Waals surface area (Å²) in [5.74, 6) is -0.389. The molecule has 0 fully saturated rings. The fraction of sp³-hybridized carbons (Fsp3) is 0.278. The molecule has 0 saturated carbocycles. The molecular formula is C18H17FN2S. The van der Waals surface area contributed by atoms with E-state index in [2.05, 4.69) is 37.9 Å². The number of rotatable bonds is 1. The zero-order valence-corrected chi connectivity index (χ0v) is 13.4. The van der Waals surface area contributed by atoms with Crippen molar-refractivity contribution < 1.29 is 4.39 Å². The van der Waals surface area contributed by atoms with Crippen LogP contribution in [0.2, 0.25) is 0 Å². The predicted molar refractivity (Wildman–Crippen MR) is 90.6 cm³/mol. The summed E-state index contributed by atoms with van der Waals surface area (Å²) in [5.41, 5.74) is 4.23. The van der Waals surface area contributed by atoms with E-state index in [-0.39, 0.29) is 16.6 Å². The van der Waals surface area contributed by atoms with Gasteiger partial charge in [0, 0.05) is 5.69 Å². The van der Waals surface area contributed by atoms with Crippen LogP contribution in [0.15, 0.2) is 36.4 Å². The first-order valence-electron chi connectivity index (χ1n) is 7.19. The number of hydrogen-bond acceptors (Lipinski definition) is 3. The molecule has 112 valence electrons. The van der Waals surface area contributed by atoms with Crippen LogP contribution in [0.4, 0.5) is 10.1 Å². The Kier molecular flexibility index (Phi) is 3.62. The number of nitrogens with zero attached hydrogens (tertiary/aromatic N) is 1. The molecule has 1 unspecified atom stereocenters. The predicted octanol–water partition coefficient (Wildman–Crippen LogP) is 4.71. The highest BCUT2D eigenvalue weighted by Gasteiger charge is 2.31. The summed E-state index contributed by atoms with van der Waals surface area (Å²) in [6.07, 6.45) is 0.916. The van der Waals surface area contributed by atoms with Gasteiger partial charge in [0.05, 0.1) is 17.0 Å². The van der Waals surface area contributed by atoms with Gasteiger partial charge in [-0.3, -0.25) is 0 Å². The quantitative estimate of drug-likeness (QED) is 0.748. The molecule has 2 nitrogen and oxygen atoms in total. The standard InChI is InChI=1S/C18H17FN2S/c1-18(2)9-17(22)21-16-4-3-12(8-15(16)18)13-5-11(10-20)6-14(19)7-13/h3-8,17,21-22H,9H2,1-2H3. The number of fused-ring (bicyclic) bond motifs is 1. The van der Waals surface area contributed by atoms with Gasteiger partial charge in [-0.2, -0.15) is 17.9 Å². The molecule has 22 heavy (non-hydrogen) atoms. The molecule has 0 spiro atoms. The molecule has 0 aromatic heterocycles. The van der Waals surface area contributed by atoms with E-state index in [4.69, 9.17) is 5.26 Å². The van der Waals surface area contributed by atoms with Crippen LogP contribution >= 0.6 is 12.6 Å². The zero-order chi connectivity index (χ0) is 15.9. The van der Waals surface area contributed by atoms with E-state index in [0.29, 0.717) is 5.56 Å². The lowest BCUT2D eigenvalue weighted by molar-refractivity contribution is 0.470. The largest absolute Gasteiger partial charge is 0.373 e. The van der Waals surface area contributed by atoms with E-state index in [9.17, 15) is 4.39 Å². The van der Waals surface area contributed by atoms with Crippen molar-refractivity contribution in [2.24, 2.45) is 0 Å². The molecule has 0 radical (unpaired) electrons. The fourth-order valence-electron chi connectivity index (χ4n) is 3.05. The van der Waals surface area contributed by atoms with Gasteiger partial charge in [-0.25, -0.2) is 4.39 Å². The number of hydrogen-bond donors (Lipinski definition) is 2. The van der Waals surface area contributed by atoms with Crippen molar-refractivity contribution in [3.05, 3.63) is 53.3 Å². The minimum Gasteiger partial charge on any atom is -0.373 e. The minimum atomic E-state index is -0.389. The fourth-order valence-corrected chi connectivity index (χ4v) is 3.65. The number of nitriles is 1. The van der Waals surface area contributed by atoms with Crippen molar-refractivity contribution in [1.29, 1.82) is 5.26 Å². The topological polar surface area (TPSA) is 35.8 Å². The maximum Gasteiger partial charge on any atom is 0.125 e. The van der Waals surface area contributed by atoms with Crippen LogP contribution in [-0.2, 0) is 5.41 Å². The van der Waals surface area contributed by atoms with Gasteiger partial charge in [-0.15, -0.1) is 0 Å². The Morgan fingerprint density at radius 2 is 2.00 bits per heavy atom. The second-order valence-electron chi connectivity index (χ2n) is 6.35. The highest BCUT2D eigenvalue weighted by atomic mass is 32.1. The zero-order valence-electron chi connectivity index (χ0n) is 12.5. The molecule has 1 N–H and O–H groups in total. The smallest absolute Gasteiger partial charge is 0.125 e. The minimum absolute atomic E-state index is 0.00556. The summed E-state index contributed by atoms with van der Waals surface area (Å²) >= 11 is 4.54. The van der Waals surface area contributed by atoms with Crippen LogP contribution in [0.25, 0.3) is 11.1 Å². The first-order valence-corrected chi connectivity index (χ1v) is 7.71. The van der Waals surface area contributed by atoms with Crippen molar-refractivity contribution in [2.45, 2.75) is 31.1 Å². The Bertz CT molecular complexity index is 777. The Balaban J connectivity index is 2.12. The first kappa shape index (κ1) is 14.9. The van der Waals surface area contributed by atoms with Crippen molar-refractivity contribution >= 4 is 18.3 Å². The molecule has 0 aliphatic carbocycles. The maximum absolute atomic E-state index is 13.7. The van der Waals surface area contributed by atoms with Crippen LogP contribution in [-0.4, -0.2) is 5.37 Å². The molecule has 2 aromatic rings. The average Bonchev–Trinajstić information content (AvgIpc) is 2.45. The van der Waals surface area contributed by atoms with Gasteiger partial charge in [-0.1, -0.05) is 19.9 Å². The molecule has 1 atom stereocenters. The number of nitrogens with one attached hydrogen (secondary N) is 1. The second-order valence-corrected chi connectivity index (χ2v) is 6.97. The van der Waals surface area contributed by atoms with E-state index >= 15 is 0 Å². The molecule has 1 heterocycles. The van der Waals surface area contributed by atoms with Crippen LogP contribution in [0, 0.1) is 17.1 Å². The third-order valence-corrected chi connectivity index (χ3v) is 4.45. The lowest BCUT2D eigenvalue weighted by Crippen LogP contribution is -2.33. The average molecular weight is 312 g/mol. The van der Waals surface area contributed by atoms with Gasteiger partial charge in [0.2, 0.25) is 0 Å². The van der Waals surface area contributed by atoms with Crippen LogP contribution in [0.1, 0.15) is 31.4 Å². The molecule has 3 rings (SSSR count). The van der Waals surface area contributed by atoms with Crippen LogP contribution < -0.4 is 5.32 Å². The molecule has 0 amide bonds. The summed E-state index contributed by atoms with van der Waals surface area (Å²) in [7, 11) is 0. The summed E-state index contributed by atoms with van der Waals surface area (Å²) in [6, 6.07) is 12.5.